The molecule has 0 N–H and O–H groups in total. The van der Waals surface area contributed by atoms with Gasteiger partial charge in [-0.3, -0.25) is 0 Å². The number of ether oxygens (including phenoxy) is 1. The van der Waals surface area contributed by atoms with Crippen LogP contribution < -0.4 is 0 Å². The molecule has 1 nitrogen and oxygen atoms in total. The van der Waals surface area contributed by atoms with Crippen molar-refractivity contribution in [2.75, 3.05) is 0 Å². The third kappa shape index (κ3) is 1.64. The summed E-state index contributed by atoms with van der Waals surface area (Å²) in [5.41, 5.74) is 0. The average Bonchev–Trinajstić information content (AvgIpc) is 1.83. The molecule has 0 atom stereocenters. The van der Waals surface area contributed by atoms with Crippen LogP contribution in [0.4, 0.5) is 0 Å². The summed E-state index contributed by atoms with van der Waals surface area (Å²) in [6.07, 6.45) is 3.18. The molecule has 0 unspecified atom stereocenters. The zero-order valence-corrected chi connectivity index (χ0v) is 8.43. The second-order valence-electron chi connectivity index (χ2n) is 1.76. The van der Waals surface area contributed by atoms with E-state index in [-0.39, 0.29) is 0 Å². The fourth-order valence-electron chi connectivity index (χ4n) is 0.495. The highest BCUT2D eigenvalue weighted by atomic mass is 32.2. The minimum Gasteiger partial charge on any atom is -0.470 e. The minimum absolute atomic E-state index is 0.602. The Hall–Kier alpha value is 0.680. The van der Waals surface area contributed by atoms with Gasteiger partial charge in [-0.1, -0.05) is 0 Å². The first-order chi connectivity index (χ1) is 4.54. The third-order valence-corrected chi connectivity index (χ3v) is 3.13. The standard InChI is InChI=1S/C5H6OS4/c7-3-1-2-6-5(9,10)4(3)8/h1-2,7-10H. The number of hydrogen-bond acceptors (Lipinski definition) is 5. The lowest BCUT2D eigenvalue weighted by Gasteiger charge is -2.25. The van der Waals surface area contributed by atoms with Crippen molar-refractivity contribution in [3.63, 3.8) is 0 Å². The van der Waals surface area contributed by atoms with Gasteiger partial charge in [-0.15, -0.1) is 50.5 Å². The SMILES string of the molecule is SC1=C(S)C(S)(S)OC=C1. The van der Waals surface area contributed by atoms with Crippen LogP contribution in [-0.2, 0) is 4.74 Å². The van der Waals surface area contributed by atoms with Crippen LogP contribution in [-0.4, -0.2) is 4.27 Å². The highest BCUT2D eigenvalue weighted by molar-refractivity contribution is 8.03. The first kappa shape index (κ1) is 8.77. The molecule has 0 aromatic rings. The maximum atomic E-state index is 5.01. The van der Waals surface area contributed by atoms with Crippen molar-refractivity contribution in [3.8, 4) is 0 Å². The number of allylic oxidation sites excluding steroid dienone is 1. The van der Waals surface area contributed by atoms with Crippen LogP contribution >= 0.6 is 50.5 Å². The topological polar surface area (TPSA) is 9.23 Å². The lowest BCUT2D eigenvalue weighted by Crippen LogP contribution is -2.18. The van der Waals surface area contributed by atoms with Crippen molar-refractivity contribution < 1.29 is 4.74 Å². The molecule has 0 aromatic carbocycles. The van der Waals surface area contributed by atoms with E-state index in [0.29, 0.717) is 4.91 Å². The van der Waals surface area contributed by atoms with Crippen molar-refractivity contribution in [1.29, 1.82) is 0 Å². The van der Waals surface area contributed by atoms with E-state index < -0.39 is 4.27 Å². The highest BCUT2D eigenvalue weighted by Crippen LogP contribution is 2.39. The molecule has 1 rings (SSSR count). The summed E-state index contributed by atoms with van der Waals surface area (Å²) in [6, 6.07) is 0. The molecule has 0 saturated carbocycles. The first-order valence-electron chi connectivity index (χ1n) is 2.46. The second-order valence-corrected chi connectivity index (χ2v) is 4.30. The van der Waals surface area contributed by atoms with Crippen molar-refractivity contribution in [2.45, 2.75) is 4.27 Å². The van der Waals surface area contributed by atoms with Gasteiger partial charge in [0.1, 0.15) is 0 Å². The van der Waals surface area contributed by atoms with Gasteiger partial charge in [-0.05, 0) is 6.08 Å². The molecule has 56 valence electrons. The van der Waals surface area contributed by atoms with E-state index in [1.54, 1.807) is 6.08 Å². The summed E-state index contributed by atoms with van der Waals surface area (Å²) < 4.78 is 4.09. The molecule has 0 spiro atoms. The summed E-state index contributed by atoms with van der Waals surface area (Å²) in [5.74, 6) is 0. The molecule has 0 radical (unpaired) electrons. The molecule has 1 heterocycles. The molecule has 0 saturated heterocycles. The Morgan fingerprint density at radius 1 is 1.30 bits per heavy atom. The Kier molecular flexibility index (Phi) is 2.60. The van der Waals surface area contributed by atoms with Crippen LogP contribution in [0.5, 0.6) is 0 Å². The number of hydrogen-bond donors (Lipinski definition) is 4. The molecule has 0 fully saturated rings. The van der Waals surface area contributed by atoms with Crippen LogP contribution in [0.25, 0.3) is 0 Å². The second kappa shape index (κ2) is 2.97. The largest absolute Gasteiger partial charge is 0.470 e. The van der Waals surface area contributed by atoms with Crippen molar-refractivity contribution >= 4 is 50.5 Å². The Bertz CT molecular complexity index is 206. The normalized spacial score (nSPS) is 22.8. The zero-order chi connectivity index (χ0) is 7.78. The van der Waals surface area contributed by atoms with Crippen LogP contribution in [0.3, 0.4) is 0 Å². The first-order valence-corrected chi connectivity index (χ1v) is 4.25. The van der Waals surface area contributed by atoms with Crippen molar-refractivity contribution in [3.05, 3.63) is 22.1 Å². The summed E-state index contributed by atoms with van der Waals surface area (Å²) in [7, 11) is 0. The molecular weight excluding hydrogens is 204 g/mol. The Morgan fingerprint density at radius 3 is 2.30 bits per heavy atom. The van der Waals surface area contributed by atoms with E-state index in [1.807, 2.05) is 0 Å². The van der Waals surface area contributed by atoms with Gasteiger partial charge >= 0.3 is 0 Å². The molecule has 1 aliphatic rings. The predicted octanol–water partition coefficient (Wildman–Crippen LogP) is 2.11. The third-order valence-electron chi connectivity index (χ3n) is 1.01. The van der Waals surface area contributed by atoms with E-state index in [1.165, 1.54) is 6.26 Å². The predicted molar refractivity (Wildman–Crippen MR) is 55.9 cm³/mol. The van der Waals surface area contributed by atoms with Gasteiger partial charge < -0.3 is 4.74 Å². The number of thiol groups is 4. The molecule has 0 aromatic heterocycles. The van der Waals surface area contributed by atoms with Crippen LogP contribution in [0.1, 0.15) is 0 Å². The average molecular weight is 210 g/mol. The molecule has 5 heteroatoms. The number of rotatable bonds is 0. The van der Waals surface area contributed by atoms with Gasteiger partial charge in [-0.2, -0.15) is 0 Å². The molecule has 0 aliphatic carbocycles. The van der Waals surface area contributed by atoms with E-state index >= 15 is 0 Å². The Labute approximate surface area is 81.5 Å². The van der Waals surface area contributed by atoms with Crippen LogP contribution in [0.15, 0.2) is 22.1 Å². The van der Waals surface area contributed by atoms with E-state index in [0.717, 1.165) is 4.91 Å². The van der Waals surface area contributed by atoms with E-state index in [2.05, 4.69) is 50.5 Å². The van der Waals surface area contributed by atoms with Crippen molar-refractivity contribution in [1.82, 2.24) is 0 Å². The quantitative estimate of drug-likeness (QED) is 0.354. The fourth-order valence-corrected chi connectivity index (χ4v) is 1.38. The van der Waals surface area contributed by atoms with Gasteiger partial charge in [-0.25, -0.2) is 0 Å². The lowest BCUT2D eigenvalue weighted by atomic mass is 10.4. The maximum Gasteiger partial charge on any atom is 0.227 e. The molecular formula is C5H6OS4. The summed E-state index contributed by atoms with van der Waals surface area (Å²) in [5, 5.41) is 0. The summed E-state index contributed by atoms with van der Waals surface area (Å²) in [4.78, 5) is 1.32. The summed E-state index contributed by atoms with van der Waals surface area (Å²) in [6.45, 7) is 0. The van der Waals surface area contributed by atoms with Gasteiger partial charge in [0.05, 0.1) is 11.2 Å². The van der Waals surface area contributed by atoms with Gasteiger partial charge in [0, 0.05) is 4.91 Å². The van der Waals surface area contributed by atoms with E-state index in [9.17, 15) is 0 Å². The van der Waals surface area contributed by atoms with Crippen LogP contribution in [0, 0.1) is 0 Å². The van der Waals surface area contributed by atoms with Gasteiger partial charge in [0.25, 0.3) is 0 Å². The zero-order valence-electron chi connectivity index (χ0n) is 4.85. The minimum atomic E-state index is -0.922. The lowest BCUT2D eigenvalue weighted by molar-refractivity contribution is 0.230. The van der Waals surface area contributed by atoms with Crippen molar-refractivity contribution in [2.24, 2.45) is 0 Å². The molecule has 1 aliphatic heterocycles. The maximum absolute atomic E-state index is 5.01. The van der Waals surface area contributed by atoms with Gasteiger partial charge in [0.15, 0.2) is 0 Å². The summed E-state index contributed by atoms with van der Waals surface area (Å²) >= 11 is 16.4. The Balaban J connectivity index is 2.99. The molecule has 0 bridgehead atoms. The highest BCUT2D eigenvalue weighted by Gasteiger charge is 2.28. The monoisotopic (exact) mass is 210 g/mol. The molecule has 0 amide bonds. The Morgan fingerprint density at radius 2 is 1.90 bits per heavy atom. The molecule has 10 heavy (non-hydrogen) atoms. The van der Waals surface area contributed by atoms with Crippen LogP contribution in [0.2, 0.25) is 0 Å². The smallest absolute Gasteiger partial charge is 0.227 e. The van der Waals surface area contributed by atoms with Gasteiger partial charge in [0.2, 0.25) is 4.27 Å². The fraction of sp³-hybridized carbons (Fsp3) is 0.200. The van der Waals surface area contributed by atoms with E-state index in [4.69, 9.17) is 4.74 Å².